The predicted molar refractivity (Wildman–Crippen MR) is 120 cm³/mol. The maximum atomic E-state index is 13.1. The van der Waals surface area contributed by atoms with Crippen molar-refractivity contribution in [3.63, 3.8) is 0 Å². The van der Waals surface area contributed by atoms with Crippen LogP contribution in [0.15, 0.2) is 54.7 Å². The van der Waals surface area contributed by atoms with E-state index >= 15 is 0 Å². The number of amides is 1. The Bertz CT molecular complexity index is 1130. The van der Waals surface area contributed by atoms with E-state index in [2.05, 4.69) is 5.10 Å². The van der Waals surface area contributed by atoms with Gasteiger partial charge in [0.15, 0.2) is 17.3 Å². The van der Waals surface area contributed by atoms with Crippen molar-refractivity contribution in [1.29, 1.82) is 0 Å². The summed E-state index contributed by atoms with van der Waals surface area (Å²) in [5.74, 6) is 1.12. The average Bonchev–Trinajstić information content (AvgIpc) is 3.46. The second-order valence-electron chi connectivity index (χ2n) is 7.75. The molecule has 0 spiro atoms. The van der Waals surface area contributed by atoms with Crippen molar-refractivity contribution in [3.05, 3.63) is 65.9 Å². The molecule has 0 saturated carbocycles. The summed E-state index contributed by atoms with van der Waals surface area (Å²) in [6.45, 7) is 0.913. The third-order valence-corrected chi connectivity index (χ3v) is 5.79. The molecule has 0 aliphatic carbocycles. The highest BCUT2D eigenvalue weighted by molar-refractivity contribution is 6.02. The summed E-state index contributed by atoms with van der Waals surface area (Å²) in [5, 5.41) is 4.29. The number of aromatic nitrogens is 2. The molecule has 32 heavy (non-hydrogen) atoms. The molecule has 8 nitrogen and oxygen atoms in total. The van der Waals surface area contributed by atoms with Gasteiger partial charge in [-0.3, -0.25) is 9.59 Å². The number of hydrogen-bond donors (Lipinski definition) is 1. The molecule has 3 aromatic rings. The van der Waals surface area contributed by atoms with E-state index in [9.17, 15) is 9.59 Å². The number of ether oxygens (including phenoxy) is 2. The van der Waals surface area contributed by atoms with Gasteiger partial charge in [-0.2, -0.15) is 5.10 Å². The fourth-order valence-corrected chi connectivity index (χ4v) is 4.02. The van der Waals surface area contributed by atoms with Crippen molar-refractivity contribution in [2.75, 3.05) is 33.0 Å². The molecule has 1 fully saturated rings. The van der Waals surface area contributed by atoms with Crippen LogP contribution in [0.1, 0.15) is 22.3 Å². The number of carbonyl (C=O) groups is 2. The number of para-hydroxylation sites is 1. The lowest BCUT2D eigenvalue weighted by molar-refractivity contribution is -0.129. The number of methoxy groups -OCH3 is 2. The summed E-state index contributed by atoms with van der Waals surface area (Å²) in [7, 11) is 3.13. The second-order valence-corrected chi connectivity index (χ2v) is 7.75. The molecule has 1 aliphatic heterocycles. The Morgan fingerprint density at radius 1 is 1.09 bits per heavy atom. The van der Waals surface area contributed by atoms with Crippen LogP contribution < -0.4 is 15.2 Å². The fourth-order valence-electron chi connectivity index (χ4n) is 4.02. The number of nitrogens with zero attached hydrogens (tertiary/aromatic N) is 3. The number of rotatable bonds is 7. The number of hydrogen-bond acceptors (Lipinski definition) is 6. The number of carbonyl (C=O) groups excluding carboxylic acids is 2. The highest BCUT2D eigenvalue weighted by Crippen LogP contribution is 2.29. The Balaban J connectivity index is 1.42. The monoisotopic (exact) mass is 434 g/mol. The van der Waals surface area contributed by atoms with Gasteiger partial charge in [-0.25, -0.2) is 4.68 Å². The lowest BCUT2D eigenvalue weighted by Gasteiger charge is -2.17. The van der Waals surface area contributed by atoms with Crippen LogP contribution in [-0.4, -0.2) is 53.7 Å². The number of nitrogens with two attached hydrogens (primary N) is 1. The number of nitrogen functional groups attached to an aromatic ring is 1. The highest BCUT2D eigenvalue weighted by atomic mass is 16.5. The summed E-state index contributed by atoms with van der Waals surface area (Å²) >= 11 is 0. The van der Waals surface area contributed by atoms with Crippen molar-refractivity contribution in [1.82, 2.24) is 14.7 Å². The Hall–Kier alpha value is -3.81. The topological polar surface area (TPSA) is 99.7 Å². The van der Waals surface area contributed by atoms with Crippen molar-refractivity contribution in [2.24, 2.45) is 5.92 Å². The average molecular weight is 434 g/mol. The molecular formula is C24H26N4O4. The number of ketones is 1. The zero-order valence-electron chi connectivity index (χ0n) is 18.2. The van der Waals surface area contributed by atoms with Gasteiger partial charge in [-0.15, -0.1) is 0 Å². The first-order valence-electron chi connectivity index (χ1n) is 10.4. The lowest BCUT2D eigenvalue weighted by Crippen LogP contribution is -2.31. The van der Waals surface area contributed by atoms with Gasteiger partial charge in [0.25, 0.3) is 0 Å². The highest BCUT2D eigenvalue weighted by Gasteiger charge is 2.33. The Kier molecular flexibility index (Phi) is 6.11. The molecular weight excluding hydrogens is 408 g/mol. The largest absolute Gasteiger partial charge is 0.493 e. The van der Waals surface area contributed by atoms with Crippen LogP contribution in [0.4, 0.5) is 5.82 Å². The minimum Gasteiger partial charge on any atom is -0.493 e. The van der Waals surface area contributed by atoms with Crippen molar-refractivity contribution >= 4 is 17.5 Å². The molecule has 1 saturated heterocycles. The molecule has 2 aromatic carbocycles. The van der Waals surface area contributed by atoms with Crippen molar-refractivity contribution in [3.8, 4) is 17.2 Å². The molecule has 1 aliphatic rings. The van der Waals surface area contributed by atoms with Crippen LogP contribution in [0, 0.1) is 5.92 Å². The smallest absolute Gasteiger partial charge is 0.227 e. The Morgan fingerprint density at radius 2 is 1.84 bits per heavy atom. The van der Waals surface area contributed by atoms with Crippen molar-refractivity contribution in [2.45, 2.75) is 12.8 Å². The molecule has 166 valence electrons. The third kappa shape index (κ3) is 4.16. The molecule has 2 N–H and O–H groups in total. The van der Waals surface area contributed by atoms with Crippen molar-refractivity contribution < 1.29 is 19.1 Å². The van der Waals surface area contributed by atoms with Crippen LogP contribution in [0.25, 0.3) is 5.69 Å². The van der Waals surface area contributed by atoms with Gasteiger partial charge in [0.05, 0.1) is 38.1 Å². The van der Waals surface area contributed by atoms with Crippen LogP contribution in [-0.2, 0) is 11.2 Å². The number of anilines is 1. The van der Waals surface area contributed by atoms with E-state index in [0.29, 0.717) is 42.4 Å². The van der Waals surface area contributed by atoms with Gasteiger partial charge >= 0.3 is 0 Å². The minimum absolute atomic E-state index is 0.0273. The fraction of sp³-hybridized carbons (Fsp3) is 0.292. The van der Waals surface area contributed by atoms with Gasteiger partial charge in [-0.1, -0.05) is 24.3 Å². The first-order chi connectivity index (χ1) is 15.5. The van der Waals surface area contributed by atoms with E-state index < -0.39 is 0 Å². The first-order valence-corrected chi connectivity index (χ1v) is 10.4. The quantitative estimate of drug-likeness (QED) is 0.574. The van der Waals surface area contributed by atoms with Gasteiger partial charge < -0.3 is 20.1 Å². The van der Waals surface area contributed by atoms with Crippen LogP contribution in [0.3, 0.4) is 0 Å². The summed E-state index contributed by atoms with van der Waals surface area (Å²) < 4.78 is 12.1. The summed E-state index contributed by atoms with van der Waals surface area (Å²) in [4.78, 5) is 27.7. The van der Waals surface area contributed by atoms with Gasteiger partial charge in [-0.05, 0) is 36.2 Å². The maximum absolute atomic E-state index is 13.1. The summed E-state index contributed by atoms with van der Waals surface area (Å²) in [6, 6.07) is 14.9. The van der Waals surface area contributed by atoms with E-state index in [-0.39, 0.29) is 24.0 Å². The minimum atomic E-state index is -0.292. The molecule has 1 aromatic heterocycles. The van der Waals surface area contributed by atoms with E-state index in [1.54, 1.807) is 35.9 Å². The van der Waals surface area contributed by atoms with Gasteiger partial charge in [0.1, 0.15) is 5.82 Å². The summed E-state index contributed by atoms with van der Waals surface area (Å²) in [5.41, 5.74) is 8.25. The van der Waals surface area contributed by atoms with Crippen LogP contribution in [0.5, 0.6) is 11.5 Å². The number of likely N-dealkylation sites (tertiary alicyclic amines) is 1. The third-order valence-electron chi connectivity index (χ3n) is 5.79. The van der Waals surface area contributed by atoms with Crippen LogP contribution in [0.2, 0.25) is 0 Å². The molecule has 1 atom stereocenters. The molecule has 0 unspecified atom stereocenters. The van der Waals surface area contributed by atoms with E-state index in [0.717, 1.165) is 11.3 Å². The van der Waals surface area contributed by atoms with Gasteiger partial charge in [0, 0.05) is 19.0 Å². The molecule has 0 bridgehead atoms. The zero-order chi connectivity index (χ0) is 22.7. The molecule has 8 heteroatoms. The normalized spacial score (nSPS) is 15.6. The zero-order valence-corrected chi connectivity index (χ0v) is 18.2. The standard InChI is InChI=1S/C24H26N4O4/c1-31-20-9-8-16(12-21(20)32-2)13-22(29)27-11-10-17(15-27)23(30)19-14-26-28(24(19)25)18-6-4-3-5-7-18/h3-9,12,14,17H,10-11,13,15,25H2,1-2H3/t17-/m0/s1. The van der Waals surface area contributed by atoms with E-state index in [1.807, 2.05) is 36.4 Å². The summed E-state index contributed by atoms with van der Waals surface area (Å²) in [6.07, 6.45) is 2.35. The SMILES string of the molecule is COc1ccc(CC(=O)N2CC[C@H](C(=O)c3cnn(-c4ccccc4)c3N)C2)cc1OC. The lowest BCUT2D eigenvalue weighted by atomic mass is 9.98. The van der Waals surface area contributed by atoms with Gasteiger partial charge in [0.2, 0.25) is 5.91 Å². The number of benzene rings is 2. The second kappa shape index (κ2) is 9.13. The Morgan fingerprint density at radius 3 is 2.56 bits per heavy atom. The van der Waals surface area contributed by atoms with Crippen LogP contribution >= 0.6 is 0 Å². The molecule has 2 heterocycles. The maximum Gasteiger partial charge on any atom is 0.227 e. The van der Waals surface area contributed by atoms with E-state index in [1.165, 1.54) is 6.20 Å². The number of Topliss-reactive ketones (excluding diaryl/α,β-unsaturated/α-hetero) is 1. The first kappa shape index (κ1) is 21.4. The predicted octanol–water partition coefficient (Wildman–Crippen LogP) is 2.75. The molecule has 0 radical (unpaired) electrons. The molecule has 1 amide bonds. The molecule has 4 rings (SSSR count). The Labute approximate surface area is 186 Å². The van der Waals surface area contributed by atoms with E-state index in [4.69, 9.17) is 15.2 Å².